The third-order valence-corrected chi connectivity index (χ3v) is 4.86. The number of carbonyl (C=O) groups excluding carboxylic acids is 1. The van der Waals surface area contributed by atoms with Crippen molar-refractivity contribution in [3.8, 4) is 17.2 Å². The zero-order valence-electron chi connectivity index (χ0n) is 16.4. The van der Waals surface area contributed by atoms with E-state index in [0.29, 0.717) is 19.8 Å². The molecule has 0 heterocycles. The van der Waals surface area contributed by atoms with E-state index in [0.717, 1.165) is 42.8 Å². The number of benzene rings is 1. The van der Waals surface area contributed by atoms with E-state index in [4.69, 9.17) is 14.2 Å². The summed E-state index contributed by atoms with van der Waals surface area (Å²) in [7, 11) is 0. The summed E-state index contributed by atoms with van der Waals surface area (Å²) in [5.41, 5.74) is -0.0597. The molecule has 0 saturated heterocycles. The molecule has 0 aliphatic heterocycles. The Morgan fingerprint density at radius 1 is 0.852 bits per heavy atom. The summed E-state index contributed by atoms with van der Waals surface area (Å²) >= 11 is 0. The second-order valence-electron chi connectivity index (χ2n) is 6.24. The molecule has 0 bridgehead atoms. The van der Waals surface area contributed by atoms with Gasteiger partial charge in [-0.2, -0.15) is 0 Å². The highest BCUT2D eigenvalue weighted by Crippen LogP contribution is 2.35. The number of rotatable bonds is 13. The van der Waals surface area contributed by atoms with E-state index in [1.54, 1.807) is 0 Å². The van der Waals surface area contributed by atoms with E-state index in [2.05, 4.69) is 20.8 Å². The Bertz CT molecular complexity index is 556. The van der Waals surface area contributed by atoms with Crippen LogP contribution in [0.25, 0.3) is 0 Å². The maximum Gasteiger partial charge on any atom is 0.338 e. The van der Waals surface area contributed by atoms with E-state index in [9.17, 15) is 20.1 Å². The van der Waals surface area contributed by atoms with Gasteiger partial charge in [-0.25, -0.2) is 4.79 Å². The lowest BCUT2D eigenvalue weighted by molar-refractivity contribution is -0.923. The summed E-state index contributed by atoms with van der Waals surface area (Å²) in [5, 5.41) is 28.0. The minimum Gasteiger partial charge on any atom is -0.504 e. The van der Waals surface area contributed by atoms with E-state index < -0.39 is 23.2 Å². The molecule has 3 N–H and O–H groups in total. The largest absolute Gasteiger partial charge is 0.504 e. The number of phenols is 3. The maximum absolute atomic E-state index is 11.8. The number of carbonyl (C=O) groups is 1. The molecule has 1 aromatic carbocycles. The average Bonchev–Trinajstić information content (AvgIpc) is 2.67. The second kappa shape index (κ2) is 11.6. The highest BCUT2D eigenvalue weighted by atomic mass is 16.6. The number of hydrogen-bond acceptors (Lipinski definition) is 7. The molecule has 8 nitrogen and oxygen atoms in total. The molecule has 0 fully saturated rings. The van der Waals surface area contributed by atoms with E-state index in [1.165, 1.54) is 0 Å². The molecule has 0 aliphatic rings. The SMILES string of the molecule is CC[N+](CC)(CC)CCOCCOCCOC(=O)c1cc(O)c(O)c(O)c1. The van der Waals surface area contributed by atoms with Crippen LogP contribution in [0.15, 0.2) is 12.1 Å². The van der Waals surface area contributed by atoms with Crippen LogP contribution in [0.2, 0.25) is 0 Å². The van der Waals surface area contributed by atoms with Crippen LogP contribution < -0.4 is 0 Å². The summed E-state index contributed by atoms with van der Waals surface area (Å²) < 4.78 is 17.0. The smallest absolute Gasteiger partial charge is 0.338 e. The van der Waals surface area contributed by atoms with Crippen LogP contribution in [-0.4, -0.2) is 85.0 Å². The Morgan fingerprint density at radius 3 is 1.85 bits per heavy atom. The zero-order chi connectivity index (χ0) is 20.3. The molecule has 154 valence electrons. The lowest BCUT2D eigenvalue weighted by Crippen LogP contribution is -2.49. The van der Waals surface area contributed by atoms with Gasteiger partial charge >= 0.3 is 5.97 Å². The number of nitrogens with zero attached hydrogens (tertiary/aromatic N) is 1. The van der Waals surface area contributed by atoms with Gasteiger partial charge in [0.2, 0.25) is 0 Å². The second-order valence-corrected chi connectivity index (χ2v) is 6.24. The van der Waals surface area contributed by atoms with Gasteiger partial charge in [0.15, 0.2) is 17.2 Å². The fourth-order valence-corrected chi connectivity index (χ4v) is 2.72. The molecule has 1 rings (SSSR count). The molecule has 0 saturated carbocycles. The van der Waals surface area contributed by atoms with Crippen molar-refractivity contribution in [1.82, 2.24) is 0 Å². The van der Waals surface area contributed by atoms with Crippen LogP contribution in [0.5, 0.6) is 17.2 Å². The Balaban J connectivity index is 2.15. The summed E-state index contributed by atoms with van der Waals surface area (Å²) in [6.07, 6.45) is 0. The van der Waals surface area contributed by atoms with Crippen LogP contribution in [0, 0.1) is 0 Å². The summed E-state index contributed by atoms with van der Waals surface area (Å²) in [6.45, 7) is 12.6. The van der Waals surface area contributed by atoms with Crippen molar-refractivity contribution >= 4 is 5.97 Å². The number of hydrogen-bond donors (Lipinski definition) is 3. The molecule has 0 aromatic heterocycles. The monoisotopic (exact) mass is 386 g/mol. The highest BCUT2D eigenvalue weighted by molar-refractivity contribution is 5.91. The van der Waals surface area contributed by atoms with E-state index in [1.807, 2.05) is 0 Å². The molecule has 27 heavy (non-hydrogen) atoms. The number of quaternary nitrogens is 1. The molecule has 0 spiro atoms. The predicted molar refractivity (Wildman–Crippen MR) is 100 cm³/mol. The van der Waals surface area contributed by atoms with E-state index in [-0.39, 0.29) is 18.8 Å². The number of phenolic OH excluding ortho intramolecular Hbond substituents is 3. The third kappa shape index (κ3) is 7.24. The molecule has 0 aliphatic carbocycles. The molecule has 0 radical (unpaired) electrons. The minimum atomic E-state index is -0.728. The molecule has 1 aromatic rings. The minimum absolute atomic E-state index is 0.0305. The van der Waals surface area contributed by atoms with Crippen LogP contribution in [-0.2, 0) is 14.2 Å². The Morgan fingerprint density at radius 2 is 1.33 bits per heavy atom. The van der Waals surface area contributed by atoms with Crippen molar-refractivity contribution in [2.24, 2.45) is 0 Å². The Labute approximate surface area is 160 Å². The van der Waals surface area contributed by atoms with Crippen molar-refractivity contribution in [2.75, 3.05) is 59.2 Å². The molecular formula is C19H32NO7+. The Hall–Kier alpha value is -2.03. The molecule has 8 heteroatoms. The average molecular weight is 386 g/mol. The quantitative estimate of drug-likeness (QED) is 0.206. The lowest BCUT2D eigenvalue weighted by Gasteiger charge is -2.35. The van der Waals surface area contributed by atoms with Crippen molar-refractivity contribution in [3.05, 3.63) is 17.7 Å². The van der Waals surface area contributed by atoms with Gasteiger partial charge in [-0.15, -0.1) is 0 Å². The summed E-state index contributed by atoms with van der Waals surface area (Å²) in [4.78, 5) is 11.8. The normalized spacial score (nSPS) is 11.5. The predicted octanol–water partition coefficient (Wildman–Crippen LogP) is 1.87. The van der Waals surface area contributed by atoms with E-state index >= 15 is 0 Å². The van der Waals surface area contributed by atoms with Gasteiger partial charge in [-0.1, -0.05) is 0 Å². The molecule has 0 amide bonds. The van der Waals surface area contributed by atoms with Gasteiger partial charge in [0, 0.05) is 0 Å². The van der Waals surface area contributed by atoms with Crippen LogP contribution in [0.4, 0.5) is 0 Å². The number of likely N-dealkylation sites (N-methyl/N-ethyl adjacent to an activating group) is 1. The van der Waals surface area contributed by atoms with Crippen molar-refractivity contribution in [2.45, 2.75) is 20.8 Å². The van der Waals surface area contributed by atoms with Crippen molar-refractivity contribution < 1.29 is 38.8 Å². The van der Waals surface area contributed by atoms with Gasteiger partial charge in [-0.05, 0) is 32.9 Å². The lowest BCUT2D eigenvalue weighted by atomic mass is 10.2. The van der Waals surface area contributed by atoms with Gasteiger partial charge < -0.3 is 34.0 Å². The number of ether oxygens (including phenoxy) is 3. The maximum atomic E-state index is 11.8. The van der Waals surface area contributed by atoms with Gasteiger partial charge in [0.25, 0.3) is 0 Å². The summed E-state index contributed by atoms with van der Waals surface area (Å²) in [5.74, 6) is -2.59. The topological polar surface area (TPSA) is 105 Å². The fourth-order valence-electron chi connectivity index (χ4n) is 2.72. The van der Waals surface area contributed by atoms with Gasteiger partial charge in [0.05, 0.1) is 51.6 Å². The summed E-state index contributed by atoms with van der Waals surface area (Å²) in [6, 6.07) is 2.04. The number of aromatic hydroxyl groups is 3. The molecular weight excluding hydrogens is 354 g/mol. The number of esters is 1. The first-order valence-corrected chi connectivity index (χ1v) is 9.31. The fraction of sp³-hybridized carbons (Fsp3) is 0.632. The third-order valence-electron chi connectivity index (χ3n) is 4.86. The molecule has 0 unspecified atom stereocenters. The van der Waals surface area contributed by atoms with Crippen LogP contribution in [0.1, 0.15) is 31.1 Å². The van der Waals surface area contributed by atoms with Crippen LogP contribution in [0.3, 0.4) is 0 Å². The van der Waals surface area contributed by atoms with Gasteiger partial charge in [0.1, 0.15) is 13.2 Å². The first kappa shape index (κ1) is 23.0. The zero-order valence-corrected chi connectivity index (χ0v) is 16.4. The van der Waals surface area contributed by atoms with Gasteiger partial charge in [-0.3, -0.25) is 0 Å². The Kier molecular flexibility index (Phi) is 9.92. The standard InChI is InChI=1S/C19H31NO7/c1-4-20(5-2,6-3)7-8-25-9-10-26-11-12-27-19(24)15-13-16(21)18(23)17(22)14-15/h13-14H,4-12H2,1-3H3,(H2-,21,22,23,24)/p+1. The first-order chi connectivity index (χ1) is 12.9. The van der Waals surface area contributed by atoms with Crippen LogP contribution >= 0.6 is 0 Å². The highest BCUT2D eigenvalue weighted by Gasteiger charge is 2.19. The van der Waals surface area contributed by atoms with Crippen molar-refractivity contribution in [3.63, 3.8) is 0 Å². The van der Waals surface area contributed by atoms with Crippen molar-refractivity contribution in [1.29, 1.82) is 0 Å². The first-order valence-electron chi connectivity index (χ1n) is 9.31. The molecule has 0 atom stereocenters.